The highest BCUT2D eigenvalue weighted by Gasteiger charge is 2.16. The molecule has 0 aliphatic rings. The molecule has 3 aromatic carbocycles. The molecule has 6 heterocycles. The summed E-state index contributed by atoms with van der Waals surface area (Å²) in [6.45, 7) is 0. The highest BCUT2D eigenvalue weighted by atomic mass is 15.1. The fourth-order valence-corrected chi connectivity index (χ4v) is 6.00. The third kappa shape index (κ3) is 4.76. The van der Waals surface area contributed by atoms with Crippen molar-refractivity contribution >= 4 is 27.6 Å². The van der Waals surface area contributed by atoms with Gasteiger partial charge in [0.05, 0.1) is 5.69 Å². The van der Waals surface area contributed by atoms with Crippen LogP contribution >= 0.6 is 0 Å². The first-order valence-electron chi connectivity index (χ1n) is 15.2. The topological polar surface area (TPSA) is 94.6 Å². The lowest BCUT2D eigenvalue weighted by Gasteiger charge is -2.11. The van der Waals surface area contributed by atoms with Crippen LogP contribution in [0.1, 0.15) is 0 Å². The summed E-state index contributed by atoms with van der Waals surface area (Å²) in [5.74, 6) is 1.71. The standard InChI is InChI=1S/C39H24N8/c1-2-14-32-31(13-1)34(43-39-35(32)42-33-15-3-4-21-47(33)39)28-10-5-8-26(22-28)27-9-6-11-29(23-27)37-44-36(25-16-19-40-20-17-25)45-38(46-37)30-12-7-18-41-24-30/h1-24H. The first-order chi connectivity index (χ1) is 23.3. The van der Waals surface area contributed by atoms with Gasteiger partial charge in [0.2, 0.25) is 0 Å². The van der Waals surface area contributed by atoms with Crippen molar-refractivity contribution in [1.29, 1.82) is 0 Å². The Morgan fingerprint density at radius 2 is 1.09 bits per heavy atom. The van der Waals surface area contributed by atoms with Crippen LogP contribution < -0.4 is 0 Å². The van der Waals surface area contributed by atoms with Crippen LogP contribution in [0.15, 0.2) is 146 Å². The van der Waals surface area contributed by atoms with Crippen molar-refractivity contribution < 1.29 is 0 Å². The molecular weight excluding hydrogens is 580 g/mol. The van der Waals surface area contributed by atoms with E-state index in [0.29, 0.717) is 17.5 Å². The number of aromatic nitrogens is 8. The zero-order chi connectivity index (χ0) is 31.2. The first-order valence-corrected chi connectivity index (χ1v) is 15.2. The molecule has 0 atom stereocenters. The molecule has 0 N–H and O–H groups in total. The predicted molar refractivity (Wildman–Crippen MR) is 184 cm³/mol. The van der Waals surface area contributed by atoms with Gasteiger partial charge in [-0.3, -0.25) is 14.4 Å². The van der Waals surface area contributed by atoms with Crippen LogP contribution in [-0.2, 0) is 0 Å². The Bertz CT molecular complexity index is 2520. The molecule has 0 amide bonds. The summed E-state index contributed by atoms with van der Waals surface area (Å²) in [5, 5.41) is 2.14. The van der Waals surface area contributed by atoms with E-state index in [0.717, 1.165) is 66.7 Å². The average molecular weight is 605 g/mol. The van der Waals surface area contributed by atoms with E-state index < -0.39 is 0 Å². The lowest BCUT2D eigenvalue weighted by Crippen LogP contribution is -2.00. The summed E-state index contributed by atoms with van der Waals surface area (Å²) in [6, 6.07) is 38.8. The molecular formula is C39H24N8. The summed E-state index contributed by atoms with van der Waals surface area (Å²) in [4.78, 5) is 33.1. The Balaban J connectivity index is 1.17. The van der Waals surface area contributed by atoms with Gasteiger partial charge in [-0.1, -0.05) is 66.7 Å². The van der Waals surface area contributed by atoms with Crippen molar-refractivity contribution in [3.8, 4) is 56.5 Å². The fourth-order valence-electron chi connectivity index (χ4n) is 6.00. The number of benzene rings is 3. The van der Waals surface area contributed by atoms with E-state index in [4.69, 9.17) is 24.9 Å². The van der Waals surface area contributed by atoms with Crippen molar-refractivity contribution in [1.82, 2.24) is 39.3 Å². The Labute approximate surface area is 269 Å². The average Bonchev–Trinajstić information content (AvgIpc) is 3.54. The second-order valence-electron chi connectivity index (χ2n) is 11.2. The van der Waals surface area contributed by atoms with Gasteiger partial charge in [0.1, 0.15) is 11.2 Å². The van der Waals surface area contributed by atoms with Crippen molar-refractivity contribution in [2.45, 2.75) is 0 Å². The third-order valence-corrected chi connectivity index (χ3v) is 8.24. The van der Waals surface area contributed by atoms with Crippen LogP contribution in [0.3, 0.4) is 0 Å². The van der Waals surface area contributed by atoms with Gasteiger partial charge < -0.3 is 0 Å². The number of nitrogens with zero attached hydrogens (tertiary/aromatic N) is 8. The highest BCUT2D eigenvalue weighted by molar-refractivity contribution is 6.09. The minimum Gasteiger partial charge on any atom is -0.284 e. The fraction of sp³-hybridized carbons (Fsp3) is 0. The maximum absolute atomic E-state index is 5.20. The molecule has 0 fully saturated rings. The maximum Gasteiger partial charge on any atom is 0.165 e. The Hall–Kier alpha value is -6.67. The van der Waals surface area contributed by atoms with Crippen molar-refractivity contribution in [2.24, 2.45) is 0 Å². The van der Waals surface area contributed by atoms with Crippen LogP contribution in [0.5, 0.6) is 0 Å². The van der Waals surface area contributed by atoms with E-state index in [1.54, 1.807) is 24.8 Å². The van der Waals surface area contributed by atoms with Gasteiger partial charge in [-0.2, -0.15) is 0 Å². The van der Waals surface area contributed by atoms with E-state index in [1.807, 2.05) is 65.2 Å². The molecule has 9 aromatic rings. The monoisotopic (exact) mass is 604 g/mol. The molecule has 47 heavy (non-hydrogen) atoms. The summed E-state index contributed by atoms with van der Waals surface area (Å²) in [6.07, 6.45) is 8.99. The molecule has 8 nitrogen and oxygen atoms in total. The van der Waals surface area contributed by atoms with Gasteiger partial charge in [0.15, 0.2) is 23.1 Å². The zero-order valence-corrected chi connectivity index (χ0v) is 24.9. The molecule has 0 spiro atoms. The smallest absolute Gasteiger partial charge is 0.165 e. The van der Waals surface area contributed by atoms with Crippen LogP contribution in [0.4, 0.5) is 0 Å². The van der Waals surface area contributed by atoms with E-state index >= 15 is 0 Å². The Morgan fingerprint density at radius 1 is 0.426 bits per heavy atom. The van der Waals surface area contributed by atoms with E-state index in [2.05, 4.69) is 70.6 Å². The quantitative estimate of drug-likeness (QED) is 0.195. The van der Waals surface area contributed by atoms with Crippen LogP contribution in [0.25, 0.3) is 84.1 Å². The molecule has 0 saturated heterocycles. The van der Waals surface area contributed by atoms with Crippen LogP contribution in [0.2, 0.25) is 0 Å². The third-order valence-electron chi connectivity index (χ3n) is 8.24. The molecule has 220 valence electrons. The number of hydrogen-bond donors (Lipinski definition) is 0. The van der Waals surface area contributed by atoms with Crippen molar-refractivity contribution in [3.63, 3.8) is 0 Å². The van der Waals surface area contributed by atoms with Crippen molar-refractivity contribution in [2.75, 3.05) is 0 Å². The molecule has 0 aliphatic carbocycles. The molecule has 6 aromatic heterocycles. The SMILES string of the molecule is c1cncc(-c2nc(-c3ccncc3)nc(-c3cccc(-c4cccc(-c5nc6c(nc7ccccn76)c6ccccc56)c4)c3)n2)c1. The normalized spacial score (nSPS) is 11.4. The molecule has 0 saturated carbocycles. The van der Waals surface area contributed by atoms with Crippen LogP contribution in [0, 0.1) is 0 Å². The molecule has 8 heteroatoms. The van der Waals surface area contributed by atoms with Gasteiger partial charge in [-0.15, -0.1) is 0 Å². The number of imidazole rings is 1. The van der Waals surface area contributed by atoms with Gasteiger partial charge in [-0.05, 0) is 59.7 Å². The van der Waals surface area contributed by atoms with E-state index in [-0.39, 0.29) is 0 Å². The van der Waals surface area contributed by atoms with E-state index in [1.165, 1.54) is 0 Å². The minimum absolute atomic E-state index is 0.558. The summed E-state index contributed by atoms with van der Waals surface area (Å²) in [5.41, 5.74) is 9.21. The second-order valence-corrected chi connectivity index (χ2v) is 11.2. The first kappa shape index (κ1) is 26.7. The van der Waals surface area contributed by atoms with Crippen LogP contribution in [-0.4, -0.2) is 39.3 Å². The lowest BCUT2D eigenvalue weighted by atomic mass is 9.97. The van der Waals surface area contributed by atoms with Gasteiger partial charge >= 0.3 is 0 Å². The maximum atomic E-state index is 5.20. The number of fused-ring (bicyclic) bond motifs is 5. The second kappa shape index (κ2) is 11.0. The number of rotatable bonds is 5. The lowest BCUT2D eigenvalue weighted by molar-refractivity contribution is 1.07. The molecule has 9 rings (SSSR count). The molecule has 0 unspecified atom stereocenters. The zero-order valence-electron chi connectivity index (χ0n) is 24.9. The molecule has 0 radical (unpaired) electrons. The predicted octanol–water partition coefficient (Wildman–Crippen LogP) is 8.35. The number of hydrogen-bond acceptors (Lipinski definition) is 7. The number of pyridine rings is 4. The van der Waals surface area contributed by atoms with Gasteiger partial charge in [0, 0.05) is 64.0 Å². The minimum atomic E-state index is 0.558. The molecule has 0 bridgehead atoms. The molecule has 0 aliphatic heterocycles. The van der Waals surface area contributed by atoms with Gasteiger partial charge in [0.25, 0.3) is 0 Å². The Morgan fingerprint density at radius 3 is 1.87 bits per heavy atom. The summed E-state index contributed by atoms with van der Waals surface area (Å²) in [7, 11) is 0. The Kier molecular flexibility index (Phi) is 6.28. The largest absolute Gasteiger partial charge is 0.284 e. The highest BCUT2D eigenvalue weighted by Crippen LogP contribution is 2.35. The summed E-state index contributed by atoms with van der Waals surface area (Å²) < 4.78 is 2.05. The van der Waals surface area contributed by atoms with Crippen molar-refractivity contribution in [3.05, 3.63) is 146 Å². The van der Waals surface area contributed by atoms with Gasteiger partial charge in [-0.25, -0.2) is 24.9 Å². The van der Waals surface area contributed by atoms with E-state index in [9.17, 15) is 0 Å². The summed E-state index contributed by atoms with van der Waals surface area (Å²) >= 11 is 0.